The van der Waals surface area contributed by atoms with Crippen molar-refractivity contribution < 1.29 is 9.13 Å². The third-order valence-corrected chi connectivity index (χ3v) is 2.62. The molecule has 0 bridgehead atoms. The molecule has 0 aliphatic carbocycles. The lowest BCUT2D eigenvalue weighted by molar-refractivity contribution is 0.0456. The number of hydrogen-bond donors (Lipinski definition) is 0. The zero-order valence-corrected chi connectivity index (χ0v) is 9.85. The van der Waals surface area contributed by atoms with Crippen LogP contribution in [0.25, 0.3) is 0 Å². The monoisotopic (exact) mass is 230 g/mol. The Labute approximate surface area is 95.2 Å². The second-order valence-electron chi connectivity index (χ2n) is 3.61. The van der Waals surface area contributed by atoms with E-state index in [2.05, 4.69) is 6.92 Å². The van der Waals surface area contributed by atoms with E-state index < -0.39 is 0 Å². The minimum Gasteiger partial charge on any atom is -0.374 e. The molecule has 0 aliphatic heterocycles. The van der Waals surface area contributed by atoms with E-state index in [0.29, 0.717) is 10.6 Å². The normalized spacial score (nSPS) is 12.8. The maximum atomic E-state index is 13.3. The number of benzene rings is 1. The molecule has 15 heavy (non-hydrogen) atoms. The molecule has 84 valence electrons. The summed E-state index contributed by atoms with van der Waals surface area (Å²) >= 11 is 5.87. The topological polar surface area (TPSA) is 9.23 Å². The van der Waals surface area contributed by atoms with Gasteiger partial charge in [-0.2, -0.15) is 0 Å². The van der Waals surface area contributed by atoms with Gasteiger partial charge in [0.25, 0.3) is 0 Å². The number of hydrogen-bond acceptors (Lipinski definition) is 1. The Morgan fingerprint density at radius 3 is 2.80 bits per heavy atom. The van der Waals surface area contributed by atoms with Crippen molar-refractivity contribution in [3.8, 4) is 0 Å². The Morgan fingerprint density at radius 2 is 2.20 bits per heavy atom. The minimum atomic E-state index is -0.300. The van der Waals surface area contributed by atoms with Crippen LogP contribution in [0.5, 0.6) is 0 Å². The van der Waals surface area contributed by atoms with E-state index in [-0.39, 0.29) is 18.5 Å². The lowest BCUT2D eigenvalue weighted by Gasteiger charge is -2.13. The molecule has 0 fully saturated rings. The Morgan fingerprint density at radius 1 is 1.47 bits per heavy atom. The summed E-state index contributed by atoms with van der Waals surface area (Å²) < 4.78 is 18.8. The van der Waals surface area contributed by atoms with Gasteiger partial charge in [0.2, 0.25) is 0 Å². The van der Waals surface area contributed by atoms with Crippen molar-refractivity contribution in [2.75, 3.05) is 0 Å². The van der Waals surface area contributed by atoms with E-state index in [1.165, 1.54) is 6.07 Å². The first kappa shape index (κ1) is 12.5. The fourth-order valence-corrected chi connectivity index (χ4v) is 1.60. The fraction of sp³-hybridized carbons (Fsp3) is 0.500. The minimum absolute atomic E-state index is 0.144. The van der Waals surface area contributed by atoms with Gasteiger partial charge in [-0.25, -0.2) is 4.39 Å². The van der Waals surface area contributed by atoms with Gasteiger partial charge in [-0.05, 0) is 25.5 Å². The molecule has 1 unspecified atom stereocenters. The summed E-state index contributed by atoms with van der Waals surface area (Å²) in [6, 6.07) is 4.67. The van der Waals surface area contributed by atoms with E-state index in [1.807, 2.05) is 6.92 Å². The third-order valence-electron chi connectivity index (χ3n) is 2.27. The van der Waals surface area contributed by atoms with Crippen molar-refractivity contribution in [3.05, 3.63) is 34.6 Å². The van der Waals surface area contributed by atoms with Crippen molar-refractivity contribution in [2.24, 2.45) is 0 Å². The molecule has 0 saturated carbocycles. The molecule has 1 rings (SSSR count). The molecule has 1 nitrogen and oxygen atoms in total. The molecule has 1 atom stereocenters. The van der Waals surface area contributed by atoms with Crippen LogP contribution in [0, 0.1) is 5.82 Å². The fourth-order valence-electron chi connectivity index (χ4n) is 1.39. The predicted octanol–water partition coefficient (Wildman–Crippen LogP) is 4.18. The highest BCUT2D eigenvalue weighted by Gasteiger charge is 2.08. The van der Waals surface area contributed by atoms with E-state index in [1.54, 1.807) is 12.1 Å². The first-order chi connectivity index (χ1) is 7.15. The Balaban J connectivity index is 2.57. The lowest BCUT2D eigenvalue weighted by Crippen LogP contribution is -2.08. The molecule has 0 heterocycles. The zero-order chi connectivity index (χ0) is 11.3. The highest BCUT2D eigenvalue weighted by molar-refractivity contribution is 6.31. The highest BCUT2D eigenvalue weighted by Crippen LogP contribution is 2.20. The molecular formula is C12H16ClFO. The van der Waals surface area contributed by atoms with Gasteiger partial charge in [-0.3, -0.25) is 0 Å². The maximum Gasteiger partial charge on any atom is 0.130 e. The quantitative estimate of drug-likeness (QED) is 0.737. The molecule has 0 aliphatic rings. The molecule has 0 aromatic heterocycles. The second-order valence-corrected chi connectivity index (χ2v) is 4.02. The molecule has 0 N–H and O–H groups in total. The van der Waals surface area contributed by atoms with Crippen LogP contribution in [0.1, 0.15) is 32.3 Å². The first-order valence-electron chi connectivity index (χ1n) is 5.19. The van der Waals surface area contributed by atoms with Gasteiger partial charge in [0, 0.05) is 10.6 Å². The summed E-state index contributed by atoms with van der Waals surface area (Å²) in [6.45, 7) is 4.32. The molecule has 3 heteroatoms. The lowest BCUT2D eigenvalue weighted by atomic mass is 10.2. The number of halogens is 2. The number of rotatable bonds is 5. The molecule has 0 radical (unpaired) electrons. The first-order valence-corrected chi connectivity index (χ1v) is 5.57. The smallest absolute Gasteiger partial charge is 0.130 e. The van der Waals surface area contributed by atoms with Gasteiger partial charge in [0.1, 0.15) is 5.82 Å². The van der Waals surface area contributed by atoms with Gasteiger partial charge < -0.3 is 4.74 Å². The van der Waals surface area contributed by atoms with E-state index in [0.717, 1.165) is 12.8 Å². The van der Waals surface area contributed by atoms with Crippen molar-refractivity contribution in [1.82, 2.24) is 0 Å². The molecular weight excluding hydrogens is 215 g/mol. The standard InChI is InChI=1S/C12H16ClFO/c1-3-5-9(2)15-8-10-11(13)6-4-7-12(10)14/h4,6-7,9H,3,5,8H2,1-2H3. The third kappa shape index (κ3) is 3.80. The van der Waals surface area contributed by atoms with E-state index in [9.17, 15) is 4.39 Å². The predicted molar refractivity (Wildman–Crippen MR) is 60.6 cm³/mol. The van der Waals surface area contributed by atoms with Gasteiger partial charge in [-0.1, -0.05) is 31.0 Å². The molecule has 0 spiro atoms. The molecule has 0 saturated heterocycles. The number of ether oxygens (including phenoxy) is 1. The Hall–Kier alpha value is -0.600. The Kier molecular flexibility index (Phi) is 5.06. The summed E-state index contributed by atoms with van der Waals surface area (Å²) in [5.41, 5.74) is 0.446. The largest absolute Gasteiger partial charge is 0.374 e. The second kappa shape index (κ2) is 6.09. The Bertz CT molecular complexity index is 294. The van der Waals surface area contributed by atoms with Crippen molar-refractivity contribution >= 4 is 11.6 Å². The summed E-state index contributed by atoms with van der Waals surface area (Å²) in [7, 11) is 0. The van der Waals surface area contributed by atoms with E-state index >= 15 is 0 Å². The van der Waals surface area contributed by atoms with E-state index in [4.69, 9.17) is 16.3 Å². The summed E-state index contributed by atoms with van der Waals surface area (Å²) in [4.78, 5) is 0. The van der Waals surface area contributed by atoms with Crippen LogP contribution in [-0.4, -0.2) is 6.10 Å². The maximum absolute atomic E-state index is 13.3. The summed E-state index contributed by atoms with van der Waals surface area (Å²) in [6.07, 6.45) is 2.18. The average molecular weight is 231 g/mol. The van der Waals surface area contributed by atoms with Crippen LogP contribution in [0.4, 0.5) is 4.39 Å². The van der Waals surface area contributed by atoms with Crippen LogP contribution in [0.2, 0.25) is 5.02 Å². The highest BCUT2D eigenvalue weighted by atomic mass is 35.5. The van der Waals surface area contributed by atoms with Crippen molar-refractivity contribution in [2.45, 2.75) is 39.4 Å². The summed E-state index contributed by atoms with van der Waals surface area (Å²) in [5.74, 6) is -0.300. The SMILES string of the molecule is CCCC(C)OCc1c(F)cccc1Cl. The van der Waals surface area contributed by atoms with Crippen molar-refractivity contribution in [3.63, 3.8) is 0 Å². The van der Waals surface area contributed by atoms with Gasteiger partial charge in [0.05, 0.1) is 12.7 Å². The van der Waals surface area contributed by atoms with Crippen molar-refractivity contribution in [1.29, 1.82) is 0 Å². The van der Waals surface area contributed by atoms with Gasteiger partial charge in [-0.15, -0.1) is 0 Å². The molecule has 1 aromatic rings. The van der Waals surface area contributed by atoms with Crippen LogP contribution < -0.4 is 0 Å². The van der Waals surface area contributed by atoms with Crippen LogP contribution in [0.3, 0.4) is 0 Å². The van der Waals surface area contributed by atoms with Crippen LogP contribution in [0.15, 0.2) is 18.2 Å². The zero-order valence-electron chi connectivity index (χ0n) is 9.09. The van der Waals surface area contributed by atoms with Gasteiger partial charge >= 0.3 is 0 Å². The van der Waals surface area contributed by atoms with Gasteiger partial charge in [0.15, 0.2) is 0 Å². The molecule has 1 aromatic carbocycles. The van der Waals surface area contributed by atoms with Crippen LogP contribution >= 0.6 is 11.6 Å². The average Bonchev–Trinajstić information content (AvgIpc) is 2.17. The molecule has 0 amide bonds. The van der Waals surface area contributed by atoms with Crippen LogP contribution in [-0.2, 0) is 11.3 Å². The summed E-state index contributed by atoms with van der Waals surface area (Å²) in [5, 5.41) is 0.429.